The molecule has 32 heavy (non-hydrogen) atoms. The van der Waals surface area contributed by atoms with Gasteiger partial charge in [-0.2, -0.15) is 0 Å². The summed E-state index contributed by atoms with van der Waals surface area (Å²) in [7, 11) is 1.48. The first-order chi connectivity index (χ1) is 15.3. The van der Waals surface area contributed by atoms with E-state index in [0.717, 1.165) is 49.8 Å². The Balaban J connectivity index is 1.93. The van der Waals surface area contributed by atoms with Gasteiger partial charge in [-0.05, 0) is 69.9 Å². The molecule has 0 radical (unpaired) electrons. The van der Waals surface area contributed by atoms with E-state index in [1.54, 1.807) is 19.9 Å². The molecule has 0 atom stereocenters. The van der Waals surface area contributed by atoms with Crippen molar-refractivity contribution in [2.24, 2.45) is 5.92 Å². The van der Waals surface area contributed by atoms with Crippen molar-refractivity contribution in [2.75, 3.05) is 13.8 Å². The molecule has 2 N–H and O–H groups in total. The van der Waals surface area contributed by atoms with Crippen molar-refractivity contribution in [3.05, 3.63) is 33.2 Å². The molecule has 2 amide bonds. The second kappa shape index (κ2) is 11.1. The Kier molecular flexibility index (Phi) is 8.51. The van der Waals surface area contributed by atoms with Crippen LogP contribution in [0.5, 0.6) is 0 Å². The SMILES string of the molecule is COCNC(=O)C(C)(C)NC(=O)c1cc2c(n(CC3CCCCC3)c1=O)CCCCCC2. The zero-order valence-electron chi connectivity index (χ0n) is 19.9. The molecule has 0 spiro atoms. The highest BCUT2D eigenvalue weighted by atomic mass is 16.5. The third kappa shape index (κ3) is 6.00. The number of amides is 2. The highest BCUT2D eigenvalue weighted by Crippen LogP contribution is 2.27. The maximum Gasteiger partial charge on any atom is 0.263 e. The van der Waals surface area contributed by atoms with Crippen molar-refractivity contribution in [1.82, 2.24) is 15.2 Å². The highest BCUT2D eigenvalue weighted by molar-refractivity contribution is 5.98. The summed E-state index contributed by atoms with van der Waals surface area (Å²) in [6, 6.07) is 1.79. The number of ether oxygens (including phenoxy) is 1. The summed E-state index contributed by atoms with van der Waals surface area (Å²) in [4.78, 5) is 39.2. The van der Waals surface area contributed by atoms with E-state index in [4.69, 9.17) is 4.74 Å². The zero-order valence-corrected chi connectivity index (χ0v) is 19.9. The maximum absolute atomic E-state index is 13.6. The second-order valence-corrected chi connectivity index (χ2v) is 9.88. The van der Waals surface area contributed by atoms with E-state index in [2.05, 4.69) is 10.6 Å². The first-order valence-electron chi connectivity index (χ1n) is 12.2. The fraction of sp³-hybridized carbons (Fsp3) is 0.720. The Morgan fingerprint density at radius 2 is 1.72 bits per heavy atom. The van der Waals surface area contributed by atoms with Crippen LogP contribution in [0.25, 0.3) is 0 Å². The van der Waals surface area contributed by atoms with Crippen molar-refractivity contribution in [2.45, 2.75) is 96.6 Å². The number of methoxy groups -OCH3 is 1. The highest BCUT2D eigenvalue weighted by Gasteiger charge is 2.31. The molecule has 1 aromatic heterocycles. The van der Waals surface area contributed by atoms with Gasteiger partial charge in [0.2, 0.25) is 5.91 Å². The fourth-order valence-corrected chi connectivity index (χ4v) is 4.98. The Morgan fingerprint density at radius 3 is 2.41 bits per heavy atom. The largest absolute Gasteiger partial charge is 0.364 e. The summed E-state index contributed by atoms with van der Waals surface area (Å²) in [5.74, 6) is -0.359. The minimum Gasteiger partial charge on any atom is -0.364 e. The van der Waals surface area contributed by atoms with Gasteiger partial charge in [-0.25, -0.2) is 0 Å². The standard InChI is InChI=1S/C25H39N3O4/c1-25(2,24(31)26-17-32-3)27-22(29)20-15-19-13-9-4-5-10-14-21(19)28(23(20)30)16-18-11-7-6-8-12-18/h15,18H,4-14,16-17H2,1-3H3,(H,26,31)(H,27,29). The fourth-order valence-electron chi connectivity index (χ4n) is 4.98. The summed E-state index contributed by atoms with van der Waals surface area (Å²) in [6.07, 6.45) is 12.3. The Hall–Kier alpha value is -2.15. The third-order valence-corrected chi connectivity index (χ3v) is 6.88. The summed E-state index contributed by atoms with van der Waals surface area (Å²) in [5.41, 5.74) is 0.995. The first-order valence-corrected chi connectivity index (χ1v) is 12.2. The van der Waals surface area contributed by atoms with Gasteiger partial charge in [-0.15, -0.1) is 0 Å². The topological polar surface area (TPSA) is 89.4 Å². The van der Waals surface area contributed by atoms with Crippen LogP contribution in [0.3, 0.4) is 0 Å². The number of nitrogens with one attached hydrogen (secondary N) is 2. The van der Waals surface area contributed by atoms with E-state index >= 15 is 0 Å². The molecule has 1 heterocycles. The van der Waals surface area contributed by atoms with Crippen LogP contribution in [-0.2, 0) is 28.9 Å². The van der Waals surface area contributed by atoms with Gasteiger partial charge in [0.15, 0.2) is 0 Å². The molecule has 1 saturated carbocycles. The number of aromatic nitrogens is 1. The second-order valence-electron chi connectivity index (χ2n) is 9.88. The van der Waals surface area contributed by atoms with Crippen LogP contribution in [0.15, 0.2) is 10.9 Å². The molecule has 2 aliphatic rings. The number of pyridine rings is 1. The lowest BCUT2D eigenvalue weighted by Crippen LogP contribution is -2.55. The van der Waals surface area contributed by atoms with Gasteiger partial charge < -0.3 is 19.9 Å². The molecule has 0 saturated heterocycles. The van der Waals surface area contributed by atoms with Crippen LogP contribution >= 0.6 is 0 Å². The van der Waals surface area contributed by atoms with Gasteiger partial charge in [0.1, 0.15) is 17.8 Å². The van der Waals surface area contributed by atoms with Crippen LogP contribution in [0, 0.1) is 5.92 Å². The summed E-state index contributed by atoms with van der Waals surface area (Å²) < 4.78 is 6.80. The molecule has 7 heteroatoms. The van der Waals surface area contributed by atoms with Crippen molar-refractivity contribution in [3.63, 3.8) is 0 Å². The quantitative estimate of drug-likeness (QED) is 0.630. The summed E-state index contributed by atoms with van der Waals surface area (Å²) >= 11 is 0. The number of aryl methyl sites for hydroxylation is 1. The van der Waals surface area contributed by atoms with Crippen molar-refractivity contribution >= 4 is 11.8 Å². The lowest BCUT2D eigenvalue weighted by atomic mass is 9.88. The lowest BCUT2D eigenvalue weighted by Gasteiger charge is -2.28. The summed E-state index contributed by atoms with van der Waals surface area (Å²) in [6.45, 7) is 4.01. The number of hydrogen-bond acceptors (Lipinski definition) is 4. The first kappa shape index (κ1) is 24.5. The molecular formula is C25H39N3O4. The molecule has 1 aromatic rings. The average Bonchev–Trinajstić information content (AvgIpc) is 2.75. The number of rotatable bonds is 7. The van der Waals surface area contributed by atoms with Crippen molar-refractivity contribution in [1.29, 1.82) is 0 Å². The van der Waals surface area contributed by atoms with E-state index < -0.39 is 11.4 Å². The van der Waals surface area contributed by atoms with E-state index in [-0.39, 0.29) is 23.8 Å². The van der Waals surface area contributed by atoms with E-state index in [0.29, 0.717) is 12.5 Å². The van der Waals surface area contributed by atoms with Gasteiger partial charge in [-0.1, -0.05) is 32.1 Å². The minimum atomic E-state index is -1.17. The van der Waals surface area contributed by atoms with Crippen LogP contribution in [-0.4, -0.2) is 35.8 Å². The van der Waals surface area contributed by atoms with Gasteiger partial charge in [-0.3, -0.25) is 14.4 Å². The Bertz CT molecular complexity index is 869. The maximum atomic E-state index is 13.6. The molecule has 0 unspecified atom stereocenters. The number of carbonyl (C=O) groups is 2. The molecule has 2 aliphatic carbocycles. The molecule has 0 bridgehead atoms. The normalized spacial score (nSPS) is 17.7. The predicted octanol–water partition coefficient (Wildman–Crippen LogP) is 3.32. The molecule has 7 nitrogen and oxygen atoms in total. The lowest BCUT2D eigenvalue weighted by molar-refractivity contribution is -0.127. The van der Waals surface area contributed by atoms with Crippen molar-refractivity contribution in [3.8, 4) is 0 Å². The van der Waals surface area contributed by atoms with E-state index in [1.807, 2.05) is 4.57 Å². The molecule has 1 fully saturated rings. The number of nitrogens with zero attached hydrogens (tertiary/aromatic N) is 1. The molecule has 178 valence electrons. The molecule has 0 aliphatic heterocycles. The number of hydrogen-bond donors (Lipinski definition) is 2. The molecule has 3 rings (SSSR count). The van der Waals surface area contributed by atoms with Crippen LogP contribution in [0.2, 0.25) is 0 Å². The average molecular weight is 446 g/mol. The van der Waals surface area contributed by atoms with Gasteiger partial charge in [0.05, 0.1) is 0 Å². The smallest absolute Gasteiger partial charge is 0.263 e. The number of fused-ring (bicyclic) bond motifs is 1. The van der Waals surface area contributed by atoms with Crippen LogP contribution in [0.1, 0.15) is 93.3 Å². The van der Waals surface area contributed by atoms with E-state index in [9.17, 15) is 14.4 Å². The minimum absolute atomic E-state index is 0.0607. The summed E-state index contributed by atoms with van der Waals surface area (Å²) in [5, 5.41) is 5.38. The monoisotopic (exact) mass is 445 g/mol. The molecular weight excluding hydrogens is 406 g/mol. The molecule has 0 aromatic carbocycles. The van der Waals surface area contributed by atoms with Gasteiger partial charge in [0.25, 0.3) is 11.5 Å². The zero-order chi connectivity index (χ0) is 23.1. The predicted molar refractivity (Wildman–Crippen MR) is 125 cm³/mol. The van der Waals surface area contributed by atoms with Crippen LogP contribution in [0.4, 0.5) is 0 Å². The van der Waals surface area contributed by atoms with Crippen molar-refractivity contribution < 1.29 is 14.3 Å². The van der Waals surface area contributed by atoms with Gasteiger partial charge >= 0.3 is 0 Å². The number of carbonyl (C=O) groups excluding carboxylic acids is 2. The van der Waals surface area contributed by atoms with Gasteiger partial charge in [0, 0.05) is 19.3 Å². The van der Waals surface area contributed by atoms with E-state index in [1.165, 1.54) is 39.2 Å². The Morgan fingerprint density at radius 1 is 1.06 bits per heavy atom. The van der Waals surface area contributed by atoms with Crippen LogP contribution < -0.4 is 16.2 Å². The Labute approximate surface area is 191 Å². The third-order valence-electron chi connectivity index (χ3n) is 6.88.